The number of rotatable bonds is 5. The molecule has 1 aliphatic rings. The van der Waals surface area contributed by atoms with Gasteiger partial charge in [0.2, 0.25) is 0 Å². The standard InChI is InChI=1S/C19H18N2O4S2/c1-24-13-8-4-2-6-11(13)20-19-21-17-15(27-19)10-16(26-17)18(23)25-14-9-5-3-7-12(14)22/h2,4,6,8,10,14H,3,5,7,9H2,1H3,(H,20,21). The molecule has 0 saturated heterocycles. The Bertz CT molecular complexity index is 963. The molecule has 1 aliphatic carbocycles. The molecule has 1 unspecified atom stereocenters. The van der Waals surface area contributed by atoms with E-state index in [-0.39, 0.29) is 5.78 Å². The molecule has 0 radical (unpaired) electrons. The predicted molar refractivity (Wildman–Crippen MR) is 106 cm³/mol. The summed E-state index contributed by atoms with van der Waals surface area (Å²) in [4.78, 5) is 30.0. The number of nitrogens with one attached hydrogen (secondary N) is 1. The van der Waals surface area contributed by atoms with Crippen molar-refractivity contribution >= 4 is 54.8 Å². The van der Waals surface area contributed by atoms with E-state index in [9.17, 15) is 9.59 Å². The Morgan fingerprint density at radius 2 is 2.11 bits per heavy atom. The van der Waals surface area contributed by atoms with Gasteiger partial charge in [-0.1, -0.05) is 23.5 Å². The van der Waals surface area contributed by atoms with Crippen molar-refractivity contribution in [2.75, 3.05) is 12.4 Å². The highest BCUT2D eigenvalue weighted by atomic mass is 32.1. The molecule has 0 aliphatic heterocycles. The third-order valence-electron chi connectivity index (χ3n) is 4.39. The van der Waals surface area contributed by atoms with E-state index < -0.39 is 12.1 Å². The van der Waals surface area contributed by atoms with E-state index in [4.69, 9.17) is 9.47 Å². The van der Waals surface area contributed by atoms with Crippen LogP contribution in [0, 0.1) is 0 Å². The summed E-state index contributed by atoms with van der Waals surface area (Å²) in [5.74, 6) is 0.316. The maximum Gasteiger partial charge on any atom is 0.349 e. The smallest absolute Gasteiger partial charge is 0.349 e. The Balaban J connectivity index is 1.48. The van der Waals surface area contributed by atoms with Crippen molar-refractivity contribution in [1.82, 2.24) is 4.98 Å². The molecule has 0 spiro atoms. The predicted octanol–water partition coefficient (Wildman–Crippen LogP) is 4.78. The minimum absolute atomic E-state index is 0.0226. The number of carbonyl (C=O) groups excluding carboxylic acids is 2. The highest BCUT2D eigenvalue weighted by Gasteiger charge is 2.27. The summed E-state index contributed by atoms with van der Waals surface area (Å²) in [7, 11) is 1.62. The summed E-state index contributed by atoms with van der Waals surface area (Å²) in [6.45, 7) is 0. The first kappa shape index (κ1) is 17.9. The van der Waals surface area contributed by atoms with Crippen LogP contribution in [0.25, 0.3) is 9.53 Å². The Kier molecular flexibility index (Phi) is 5.09. The highest BCUT2D eigenvalue weighted by Crippen LogP contribution is 2.36. The molecule has 2 heterocycles. The number of esters is 1. The molecule has 1 aromatic carbocycles. The summed E-state index contributed by atoms with van der Waals surface area (Å²) in [5.41, 5.74) is 0.830. The van der Waals surface area contributed by atoms with Crippen LogP contribution in [-0.2, 0) is 9.53 Å². The van der Waals surface area contributed by atoms with E-state index in [0.29, 0.717) is 17.7 Å². The molecule has 8 heteroatoms. The highest BCUT2D eigenvalue weighted by molar-refractivity contribution is 7.29. The number of carbonyl (C=O) groups is 2. The second-order valence-corrected chi connectivity index (χ2v) is 8.29. The molecular formula is C19H18N2O4S2. The summed E-state index contributed by atoms with van der Waals surface area (Å²) in [6.07, 6.45) is 2.32. The van der Waals surface area contributed by atoms with Gasteiger partial charge in [0, 0.05) is 6.42 Å². The van der Waals surface area contributed by atoms with Crippen LogP contribution in [0.5, 0.6) is 5.75 Å². The van der Waals surface area contributed by atoms with E-state index in [1.807, 2.05) is 24.3 Å². The molecule has 1 saturated carbocycles. The minimum atomic E-state index is -0.595. The Morgan fingerprint density at radius 1 is 1.26 bits per heavy atom. The van der Waals surface area contributed by atoms with Crippen LogP contribution in [0.15, 0.2) is 30.3 Å². The number of fused-ring (bicyclic) bond motifs is 1. The number of thiophene rings is 1. The number of anilines is 2. The molecule has 0 amide bonds. The number of ketones is 1. The first-order chi connectivity index (χ1) is 13.1. The van der Waals surface area contributed by atoms with E-state index in [2.05, 4.69) is 10.3 Å². The number of ether oxygens (including phenoxy) is 2. The molecule has 3 aromatic rings. The van der Waals surface area contributed by atoms with E-state index in [1.54, 1.807) is 13.2 Å². The molecule has 4 rings (SSSR count). The van der Waals surface area contributed by atoms with Gasteiger partial charge in [-0.25, -0.2) is 9.78 Å². The second-order valence-electron chi connectivity index (χ2n) is 6.23. The van der Waals surface area contributed by atoms with Crippen molar-refractivity contribution in [2.45, 2.75) is 31.8 Å². The third kappa shape index (κ3) is 3.81. The third-order valence-corrected chi connectivity index (χ3v) is 6.44. The van der Waals surface area contributed by atoms with Crippen molar-refractivity contribution in [1.29, 1.82) is 0 Å². The average molecular weight is 402 g/mol. The van der Waals surface area contributed by atoms with Crippen molar-refractivity contribution in [3.8, 4) is 5.75 Å². The number of hydrogen-bond acceptors (Lipinski definition) is 8. The number of para-hydroxylation sites is 2. The normalized spacial score (nSPS) is 17.1. The molecule has 1 fully saturated rings. The van der Waals surface area contributed by atoms with Crippen LogP contribution in [-0.4, -0.2) is 30.0 Å². The van der Waals surface area contributed by atoms with Gasteiger partial charge in [0.1, 0.15) is 15.5 Å². The summed E-state index contributed by atoms with van der Waals surface area (Å²) < 4.78 is 11.6. The van der Waals surface area contributed by atoms with Crippen LogP contribution in [0.1, 0.15) is 35.4 Å². The number of thiazole rings is 1. The quantitative estimate of drug-likeness (QED) is 0.619. The summed E-state index contributed by atoms with van der Waals surface area (Å²) in [5, 5.41) is 3.97. The Hall–Kier alpha value is -2.45. The number of Topliss-reactive ketones (excluding diaryl/α,β-unsaturated/α-hetero) is 1. The fourth-order valence-corrected chi connectivity index (χ4v) is 5.03. The van der Waals surface area contributed by atoms with Gasteiger partial charge in [0.15, 0.2) is 17.0 Å². The molecule has 1 atom stereocenters. The van der Waals surface area contributed by atoms with Gasteiger partial charge in [-0.2, -0.15) is 0 Å². The maximum atomic E-state index is 12.4. The number of methoxy groups -OCH3 is 1. The van der Waals surface area contributed by atoms with Crippen LogP contribution >= 0.6 is 22.7 Å². The molecule has 6 nitrogen and oxygen atoms in total. The van der Waals surface area contributed by atoms with Gasteiger partial charge in [0.25, 0.3) is 0 Å². The summed E-state index contributed by atoms with van der Waals surface area (Å²) >= 11 is 2.73. The average Bonchev–Trinajstić information content (AvgIpc) is 3.23. The number of nitrogens with zero attached hydrogens (tertiary/aromatic N) is 1. The SMILES string of the molecule is COc1ccccc1Nc1nc2sc(C(=O)OC3CCCCC3=O)cc2s1. The van der Waals surface area contributed by atoms with Gasteiger partial charge < -0.3 is 14.8 Å². The van der Waals surface area contributed by atoms with Crippen LogP contribution in [0.3, 0.4) is 0 Å². The van der Waals surface area contributed by atoms with Gasteiger partial charge in [-0.3, -0.25) is 4.79 Å². The lowest BCUT2D eigenvalue weighted by molar-refractivity contribution is -0.129. The summed E-state index contributed by atoms with van der Waals surface area (Å²) in [6, 6.07) is 9.39. The number of benzene rings is 1. The van der Waals surface area contributed by atoms with E-state index >= 15 is 0 Å². The van der Waals surface area contributed by atoms with Crippen molar-refractivity contribution in [3.63, 3.8) is 0 Å². The van der Waals surface area contributed by atoms with Gasteiger partial charge in [-0.15, -0.1) is 11.3 Å². The minimum Gasteiger partial charge on any atom is -0.495 e. The largest absolute Gasteiger partial charge is 0.495 e. The topological polar surface area (TPSA) is 77.5 Å². The second kappa shape index (κ2) is 7.66. The molecule has 2 aromatic heterocycles. The number of hydrogen-bond donors (Lipinski definition) is 1. The lowest BCUT2D eigenvalue weighted by Gasteiger charge is -2.20. The molecule has 140 valence electrons. The molecule has 27 heavy (non-hydrogen) atoms. The first-order valence-corrected chi connectivity index (χ1v) is 10.3. The fraction of sp³-hybridized carbons (Fsp3) is 0.316. The van der Waals surface area contributed by atoms with Crippen LogP contribution in [0.4, 0.5) is 10.8 Å². The Morgan fingerprint density at radius 3 is 2.89 bits per heavy atom. The van der Waals surface area contributed by atoms with Crippen molar-refractivity contribution in [3.05, 3.63) is 35.2 Å². The molecule has 1 N–H and O–H groups in total. The lowest BCUT2D eigenvalue weighted by Crippen LogP contribution is -2.29. The van der Waals surface area contributed by atoms with Crippen molar-refractivity contribution < 1.29 is 19.1 Å². The molecule has 0 bridgehead atoms. The van der Waals surface area contributed by atoms with E-state index in [0.717, 1.165) is 38.9 Å². The molecular weight excluding hydrogens is 384 g/mol. The zero-order chi connectivity index (χ0) is 18.8. The number of aromatic nitrogens is 1. The zero-order valence-electron chi connectivity index (χ0n) is 14.7. The first-order valence-electron chi connectivity index (χ1n) is 8.68. The monoisotopic (exact) mass is 402 g/mol. The Labute approximate surface area is 164 Å². The van der Waals surface area contributed by atoms with Gasteiger partial charge in [0.05, 0.1) is 17.5 Å². The van der Waals surface area contributed by atoms with Crippen LogP contribution in [0.2, 0.25) is 0 Å². The van der Waals surface area contributed by atoms with Gasteiger partial charge in [-0.05, 0) is 37.5 Å². The van der Waals surface area contributed by atoms with Gasteiger partial charge >= 0.3 is 5.97 Å². The van der Waals surface area contributed by atoms with Crippen LogP contribution < -0.4 is 10.1 Å². The zero-order valence-corrected chi connectivity index (χ0v) is 16.3. The van der Waals surface area contributed by atoms with E-state index in [1.165, 1.54) is 22.7 Å². The fourth-order valence-electron chi connectivity index (χ4n) is 3.01. The lowest BCUT2D eigenvalue weighted by atomic mass is 9.96. The van der Waals surface area contributed by atoms with Crippen molar-refractivity contribution in [2.24, 2.45) is 0 Å². The maximum absolute atomic E-state index is 12.4.